The van der Waals surface area contributed by atoms with Crippen LogP contribution in [0.3, 0.4) is 0 Å². The number of carbonyl (C=O) groups excluding carboxylic acids is 2. The molecule has 1 heterocycles. The molecule has 1 saturated heterocycles. The van der Waals surface area contributed by atoms with Crippen LogP contribution in [0.1, 0.15) is 49.9 Å². The van der Waals surface area contributed by atoms with E-state index in [-0.39, 0.29) is 16.7 Å². The van der Waals surface area contributed by atoms with Gasteiger partial charge in [0, 0.05) is 6.54 Å². The van der Waals surface area contributed by atoms with Crippen molar-refractivity contribution in [3.63, 3.8) is 0 Å². The molecule has 35 heavy (non-hydrogen) atoms. The molecule has 2 aromatic carbocycles. The van der Waals surface area contributed by atoms with Gasteiger partial charge in [0.2, 0.25) is 0 Å². The third kappa shape index (κ3) is 5.51. The van der Waals surface area contributed by atoms with Crippen LogP contribution in [-0.4, -0.2) is 68.0 Å². The van der Waals surface area contributed by atoms with E-state index in [1.807, 2.05) is 43.3 Å². The molecule has 0 saturated carbocycles. The normalized spacial score (nSPS) is 17.8. The summed E-state index contributed by atoms with van der Waals surface area (Å²) in [5.74, 6) is -0.448. The first kappa shape index (κ1) is 26.3. The van der Waals surface area contributed by atoms with Crippen LogP contribution in [0.5, 0.6) is 11.5 Å². The minimum Gasteiger partial charge on any atom is -0.507 e. The van der Waals surface area contributed by atoms with Gasteiger partial charge >= 0.3 is 0 Å². The molecule has 0 aromatic heterocycles. The quantitative estimate of drug-likeness (QED) is 0.343. The fourth-order valence-electron chi connectivity index (χ4n) is 4.31. The molecule has 3 rings (SSSR count). The van der Waals surface area contributed by atoms with E-state index in [9.17, 15) is 14.7 Å². The molecule has 0 bridgehead atoms. The molecule has 1 fully saturated rings. The van der Waals surface area contributed by atoms with Gasteiger partial charge in [-0.15, -0.1) is 0 Å². The van der Waals surface area contributed by atoms with Crippen LogP contribution in [0.4, 0.5) is 0 Å². The fraction of sp³-hybridized carbons (Fsp3) is 0.429. The first-order valence-corrected chi connectivity index (χ1v) is 11.8. The standard InChI is InChI=1S/C28H36N2O5/c1-28(2,3)19-11-14-22(35-7)21(17-19)25(31)23-24(18-9-12-20(34-6)13-10-18)30(27(33)26(23)32)16-8-15-29(4)5/h9-14,17,24,31H,8,15-16H2,1-7H3/b25-23+. The zero-order valence-corrected chi connectivity index (χ0v) is 21.7. The van der Waals surface area contributed by atoms with Gasteiger partial charge in [-0.2, -0.15) is 0 Å². The third-order valence-corrected chi connectivity index (χ3v) is 6.30. The van der Waals surface area contributed by atoms with Gasteiger partial charge < -0.3 is 24.4 Å². The molecule has 188 valence electrons. The summed E-state index contributed by atoms with van der Waals surface area (Å²) in [5.41, 5.74) is 1.97. The van der Waals surface area contributed by atoms with Crippen molar-refractivity contribution in [2.75, 3.05) is 41.4 Å². The minimum atomic E-state index is -0.717. The smallest absolute Gasteiger partial charge is 0.295 e. The summed E-state index contributed by atoms with van der Waals surface area (Å²) >= 11 is 0. The lowest BCUT2D eigenvalue weighted by atomic mass is 9.85. The number of nitrogens with zero attached hydrogens (tertiary/aromatic N) is 2. The number of benzene rings is 2. The van der Waals surface area contributed by atoms with Gasteiger partial charge in [-0.05, 0) is 67.9 Å². The third-order valence-electron chi connectivity index (χ3n) is 6.30. The second-order valence-electron chi connectivity index (χ2n) is 10.1. The van der Waals surface area contributed by atoms with Crippen molar-refractivity contribution in [1.29, 1.82) is 0 Å². The summed E-state index contributed by atoms with van der Waals surface area (Å²) in [6, 6.07) is 12.1. The van der Waals surface area contributed by atoms with Crippen LogP contribution in [0.25, 0.3) is 5.76 Å². The number of aliphatic hydroxyl groups excluding tert-OH is 1. The zero-order chi connectivity index (χ0) is 25.9. The zero-order valence-electron chi connectivity index (χ0n) is 21.7. The molecule has 7 nitrogen and oxygen atoms in total. The fourth-order valence-corrected chi connectivity index (χ4v) is 4.31. The maximum Gasteiger partial charge on any atom is 0.295 e. The molecule has 0 spiro atoms. The summed E-state index contributed by atoms with van der Waals surface area (Å²) < 4.78 is 10.8. The Labute approximate surface area is 207 Å². The van der Waals surface area contributed by atoms with Gasteiger partial charge in [0.25, 0.3) is 11.7 Å². The number of methoxy groups -OCH3 is 2. The van der Waals surface area contributed by atoms with Gasteiger partial charge in [-0.1, -0.05) is 39.0 Å². The second kappa shape index (κ2) is 10.5. The van der Waals surface area contributed by atoms with E-state index in [0.29, 0.717) is 30.0 Å². The molecule has 1 N–H and O–H groups in total. The summed E-state index contributed by atoms with van der Waals surface area (Å²) in [7, 11) is 7.02. The number of ketones is 1. The molecule has 1 aliphatic heterocycles. The maximum atomic E-state index is 13.3. The number of hydrogen-bond donors (Lipinski definition) is 1. The van der Waals surface area contributed by atoms with E-state index in [4.69, 9.17) is 9.47 Å². The summed E-state index contributed by atoms with van der Waals surface area (Å²) in [5, 5.41) is 11.5. The van der Waals surface area contributed by atoms with Gasteiger partial charge in [0.15, 0.2) is 0 Å². The van der Waals surface area contributed by atoms with Crippen LogP contribution in [0.15, 0.2) is 48.0 Å². The highest BCUT2D eigenvalue weighted by atomic mass is 16.5. The van der Waals surface area contributed by atoms with Crippen LogP contribution >= 0.6 is 0 Å². The van der Waals surface area contributed by atoms with Crippen molar-refractivity contribution in [2.45, 2.75) is 38.6 Å². The Bertz CT molecular complexity index is 1110. The molecule has 7 heteroatoms. The SMILES string of the molecule is COc1ccc(C2/C(=C(\O)c3cc(C(C)(C)C)ccc3OC)C(=O)C(=O)N2CCCN(C)C)cc1. The highest BCUT2D eigenvalue weighted by molar-refractivity contribution is 6.46. The Morgan fingerprint density at radius 1 is 1.03 bits per heavy atom. The van der Waals surface area contributed by atoms with Crippen molar-refractivity contribution >= 4 is 17.4 Å². The topological polar surface area (TPSA) is 79.3 Å². The van der Waals surface area contributed by atoms with Crippen molar-refractivity contribution in [3.05, 3.63) is 64.7 Å². The molecular weight excluding hydrogens is 444 g/mol. The van der Waals surface area contributed by atoms with Gasteiger partial charge in [-0.25, -0.2) is 0 Å². The molecular formula is C28H36N2O5. The van der Waals surface area contributed by atoms with Gasteiger partial charge in [0.05, 0.1) is 31.4 Å². The highest BCUT2D eigenvalue weighted by Gasteiger charge is 2.46. The van der Waals surface area contributed by atoms with Gasteiger partial charge in [-0.3, -0.25) is 9.59 Å². The number of Topliss-reactive ketones (excluding diaryl/α,β-unsaturated/α-hetero) is 1. The van der Waals surface area contributed by atoms with Gasteiger partial charge in [0.1, 0.15) is 17.3 Å². The molecule has 1 aliphatic rings. The Morgan fingerprint density at radius 2 is 1.69 bits per heavy atom. The molecule has 1 unspecified atom stereocenters. The average molecular weight is 481 g/mol. The van der Waals surface area contributed by atoms with Crippen LogP contribution in [0.2, 0.25) is 0 Å². The minimum absolute atomic E-state index is 0.0642. The first-order chi connectivity index (χ1) is 16.5. The van der Waals surface area contributed by atoms with E-state index >= 15 is 0 Å². The number of carbonyl (C=O) groups is 2. The number of likely N-dealkylation sites (tertiary alicyclic amines) is 1. The predicted molar refractivity (Wildman–Crippen MR) is 137 cm³/mol. The van der Waals surface area contributed by atoms with E-state index in [2.05, 4.69) is 20.8 Å². The molecule has 1 atom stereocenters. The summed E-state index contributed by atoms with van der Waals surface area (Å²) in [4.78, 5) is 30.1. The van der Waals surface area contributed by atoms with E-state index < -0.39 is 17.7 Å². The second-order valence-corrected chi connectivity index (χ2v) is 10.1. The van der Waals surface area contributed by atoms with E-state index in [1.165, 1.54) is 7.11 Å². The lowest BCUT2D eigenvalue weighted by Crippen LogP contribution is -2.32. The Hall–Kier alpha value is -3.32. The molecule has 0 aliphatic carbocycles. The van der Waals surface area contributed by atoms with Crippen molar-refractivity contribution in [2.24, 2.45) is 0 Å². The number of hydrogen-bond acceptors (Lipinski definition) is 6. The molecule has 1 amide bonds. The predicted octanol–water partition coefficient (Wildman–Crippen LogP) is 4.37. The van der Waals surface area contributed by atoms with Crippen molar-refractivity contribution in [3.8, 4) is 11.5 Å². The summed E-state index contributed by atoms with van der Waals surface area (Å²) in [6.07, 6.45) is 0.690. The largest absolute Gasteiger partial charge is 0.507 e. The van der Waals surface area contributed by atoms with Crippen LogP contribution in [-0.2, 0) is 15.0 Å². The maximum absolute atomic E-state index is 13.3. The number of aliphatic hydroxyl groups is 1. The Kier molecular flexibility index (Phi) is 7.90. The van der Waals surface area contributed by atoms with Crippen molar-refractivity contribution < 1.29 is 24.2 Å². The highest BCUT2D eigenvalue weighted by Crippen LogP contribution is 2.42. The van der Waals surface area contributed by atoms with Crippen molar-refractivity contribution in [1.82, 2.24) is 9.80 Å². The number of amides is 1. The lowest BCUT2D eigenvalue weighted by Gasteiger charge is -2.26. The number of ether oxygens (including phenoxy) is 2. The number of rotatable bonds is 8. The Morgan fingerprint density at radius 3 is 2.23 bits per heavy atom. The summed E-state index contributed by atoms with van der Waals surface area (Å²) in [6.45, 7) is 7.36. The molecule has 0 radical (unpaired) electrons. The Balaban J connectivity index is 2.19. The van der Waals surface area contributed by atoms with E-state index in [0.717, 1.165) is 17.7 Å². The first-order valence-electron chi connectivity index (χ1n) is 11.8. The monoisotopic (exact) mass is 480 g/mol. The van der Waals surface area contributed by atoms with E-state index in [1.54, 1.807) is 30.2 Å². The average Bonchev–Trinajstić information content (AvgIpc) is 3.07. The molecule has 2 aromatic rings. The lowest BCUT2D eigenvalue weighted by molar-refractivity contribution is -0.139. The van der Waals surface area contributed by atoms with Crippen LogP contribution in [0, 0.1) is 0 Å². The van der Waals surface area contributed by atoms with Crippen LogP contribution < -0.4 is 9.47 Å².